The fourth-order valence-corrected chi connectivity index (χ4v) is 15.7. The first-order chi connectivity index (χ1) is 63.6. The van der Waals surface area contributed by atoms with Crippen LogP contribution < -0.4 is 71.8 Å². The maximum atomic E-state index is 17.0. The maximum absolute atomic E-state index is 17.0. The lowest BCUT2D eigenvalue weighted by Gasteiger charge is -2.48. The van der Waals surface area contributed by atoms with Crippen molar-refractivity contribution in [3.05, 3.63) is 180 Å². The molecule has 0 spiro atoms. The van der Waals surface area contributed by atoms with Gasteiger partial charge in [-0.3, -0.25) is 62.4 Å². The van der Waals surface area contributed by atoms with Crippen LogP contribution in [-0.2, 0) is 110 Å². The number of likely N-dealkylation sites (N-methyl/N-ethyl adjacent to an activating group) is 1. The smallest absolute Gasteiger partial charge is 0.410 e. The lowest BCUT2D eigenvalue weighted by atomic mass is 9.86. The number of aliphatic hydroxyl groups excluding tert-OH is 1. The highest BCUT2D eigenvalue weighted by atomic mass is 35.5. The number of carbonyl (C=O) groups is 14. The van der Waals surface area contributed by atoms with Crippen molar-refractivity contribution in [2.75, 3.05) is 46.7 Å². The van der Waals surface area contributed by atoms with Gasteiger partial charge in [-0.1, -0.05) is 119 Å². The van der Waals surface area contributed by atoms with E-state index in [9.17, 15) is 38.7 Å². The minimum atomic E-state index is -2.48. The number of nitrogens with one attached hydrogen (secondary N) is 6. The number of ether oxygens (including phenoxy) is 16. The highest BCUT2D eigenvalue weighted by Gasteiger charge is 2.56. The van der Waals surface area contributed by atoms with Crippen LogP contribution in [0.15, 0.2) is 142 Å². The lowest BCUT2D eigenvalue weighted by molar-refractivity contribution is -0.335. The summed E-state index contributed by atoms with van der Waals surface area (Å²) in [5.74, 6) is -19.5. The number of amides is 8. The van der Waals surface area contributed by atoms with Crippen LogP contribution in [-0.4, -0.2) is 219 Å². The van der Waals surface area contributed by atoms with Crippen molar-refractivity contribution in [1.82, 2.24) is 36.8 Å². The molecule has 40 nitrogen and oxygen atoms in total. The Kier molecular flexibility index (Phi) is 34.9. The first-order valence-electron chi connectivity index (χ1n) is 42.0. The minimum absolute atomic E-state index is 0.000960. The van der Waals surface area contributed by atoms with Gasteiger partial charge in [0.25, 0.3) is 0 Å². The zero-order valence-corrected chi connectivity index (χ0v) is 76.2. The molecule has 11 bridgehead atoms. The predicted octanol–water partition coefficient (Wildman–Crippen LogP) is 7.22. The van der Waals surface area contributed by atoms with Crippen molar-refractivity contribution >= 4 is 106 Å². The highest BCUT2D eigenvalue weighted by Crippen LogP contribution is 2.51. The van der Waals surface area contributed by atoms with E-state index in [0.29, 0.717) is 0 Å². The zero-order chi connectivity index (χ0) is 98.0. The summed E-state index contributed by atoms with van der Waals surface area (Å²) in [6, 6.07) is 0.656. The van der Waals surface area contributed by atoms with Gasteiger partial charge >= 0.3 is 41.9 Å². The van der Waals surface area contributed by atoms with Gasteiger partial charge in [0.1, 0.15) is 111 Å². The van der Waals surface area contributed by atoms with Gasteiger partial charge in [-0.2, -0.15) is 0 Å². The second kappa shape index (κ2) is 45.7. The maximum Gasteiger partial charge on any atom is 0.410 e. The monoisotopic (exact) mass is 1900 g/mol. The Morgan fingerprint density at radius 1 is 0.597 bits per heavy atom. The molecule has 7 heterocycles. The van der Waals surface area contributed by atoms with Gasteiger partial charge in [0.15, 0.2) is 54.4 Å². The number of hydrogen-bond acceptors (Lipinski definition) is 32. The molecule has 134 heavy (non-hydrogen) atoms. The second-order valence-electron chi connectivity index (χ2n) is 32.1. The predicted molar refractivity (Wildman–Crippen MR) is 473 cm³/mol. The van der Waals surface area contributed by atoms with Crippen molar-refractivity contribution in [3.8, 4) is 57.1 Å². The largest absolute Gasteiger partial charge is 0.489 e. The molecule has 0 radical (unpaired) electrons. The fourth-order valence-electron chi connectivity index (χ4n) is 15.3. The average molecular weight is 1900 g/mol. The van der Waals surface area contributed by atoms with Gasteiger partial charge in [0.05, 0.1) is 28.7 Å². The molecule has 0 aromatic heterocycles. The molecule has 2 fully saturated rings. The molecule has 7 aliphatic heterocycles. The van der Waals surface area contributed by atoms with E-state index in [-0.39, 0.29) is 95.8 Å². The third kappa shape index (κ3) is 25.4. The summed E-state index contributed by atoms with van der Waals surface area (Å²) in [6.07, 6.45) is -13.8. The van der Waals surface area contributed by atoms with Crippen LogP contribution >= 0.6 is 23.2 Å². The number of fused-ring (bicyclic) bond motifs is 15. The molecule has 0 saturated carbocycles. The Labute approximate surface area is 779 Å². The van der Waals surface area contributed by atoms with Crippen LogP contribution in [0.4, 0.5) is 4.79 Å². The average Bonchev–Trinajstić information content (AvgIpc) is 0.756. The van der Waals surface area contributed by atoms with Gasteiger partial charge in [-0.05, 0) is 103 Å². The normalized spacial score (nSPS) is 24.5. The molecular weight excluding hydrogens is 1800 g/mol. The summed E-state index contributed by atoms with van der Waals surface area (Å²) in [5, 5.41) is 26.0. The topological polar surface area (TPSA) is 534 Å². The molecule has 2 saturated heterocycles. The third-order valence-corrected chi connectivity index (χ3v) is 21.8. The molecule has 718 valence electrons. The number of nitrogens with zero attached hydrogens (tertiary/aromatic N) is 1. The number of rotatable bonds is 31. The van der Waals surface area contributed by atoms with Gasteiger partial charge in [-0.15, -0.1) is 0 Å². The summed E-state index contributed by atoms with van der Waals surface area (Å²) in [4.78, 5) is 208. The molecular formula is C92H105Cl2N9O31. The van der Waals surface area contributed by atoms with Gasteiger partial charge in [-0.25, -0.2) is 9.59 Å². The second-order valence-corrected chi connectivity index (χ2v) is 33.0. The zero-order valence-electron chi connectivity index (χ0n) is 74.7. The lowest BCUT2D eigenvalue weighted by Crippen LogP contribution is -2.66. The molecule has 12 rings (SSSR count). The Bertz CT molecular complexity index is 5380. The Balaban J connectivity index is 1.35. The van der Waals surface area contributed by atoms with Crippen molar-refractivity contribution < 1.29 is 148 Å². The van der Waals surface area contributed by atoms with Crippen molar-refractivity contribution in [2.45, 2.75) is 191 Å². The van der Waals surface area contributed by atoms with E-state index < -0.39 is 256 Å². The Morgan fingerprint density at radius 3 is 1.72 bits per heavy atom. The molecule has 0 unspecified atom stereocenters. The van der Waals surface area contributed by atoms with E-state index in [1.165, 1.54) is 93.7 Å². The van der Waals surface area contributed by atoms with Crippen LogP contribution in [0.25, 0.3) is 11.1 Å². The Hall–Kier alpha value is -13.6. The van der Waals surface area contributed by atoms with Crippen LogP contribution in [0, 0.1) is 5.92 Å². The number of carbonyl (C=O) groups excluding carboxylic acids is 14. The van der Waals surface area contributed by atoms with E-state index in [1.54, 1.807) is 13.8 Å². The minimum Gasteiger partial charge on any atom is -0.489 e. The van der Waals surface area contributed by atoms with E-state index >= 15 is 33.6 Å². The van der Waals surface area contributed by atoms with E-state index in [1.807, 2.05) is 0 Å². The van der Waals surface area contributed by atoms with Crippen molar-refractivity contribution in [1.29, 1.82) is 0 Å². The molecule has 42 heteroatoms. The van der Waals surface area contributed by atoms with Crippen molar-refractivity contribution in [3.63, 3.8) is 0 Å². The highest BCUT2D eigenvalue weighted by molar-refractivity contribution is 6.32. The number of primary amides is 1. The quantitative estimate of drug-likeness (QED) is 0.0120. The summed E-state index contributed by atoms with van der Waals surface area (Å²) >= 11 is 14.9. The number of nitrogens with two attached hydrogens (primary N) is 2. The number of esters is 6. The molecule has 11 N–H and O–H groups in total. The van der Waals surface area contributed by atoms with Crippen LogP contribution in [0.5, 0.6) is 46.0 Å². The number of aliphatic hydroxyl groups is 1. The van der Waals surface area contributed by atoms with Gasteiger partial charge < -0.3 is 124 Å². The van der Waals surface area contributed by atoms with E-state index in [0.717, 1.165) is 75.9 Å². The SMILES string of the molecule is C=CCOC(=O)[C@H]1NC(=O)[C@H]2NC(=O)[C@H](NC(=O)[C@@H]3NC(=O)[C@H](CC(N)=O)NC(=O)[C@H](NC(=O)[C@@H](CC(C)C)N(C)C(=O)OCC=C)[C@H](OC(C)=O)c4ccc(c(Cl)c4)Oc4cc3cc(c4O[C@@H]3O[C@H](COC(C)=O)[C@@H](OC(C)=O)[C@H](OC(C)=O)[C@H]3O[C@H]3C[C@](C)(N)[C@H](O)[C@H](C)O3)Oc3ccc(cc3Cl)[C@H]2OC(C)=O)c2ccc(OCC=C)c(c2)-c2c(OCC=C)cc(OCC=C)cc21. The van der Waals surface area contributed by atoms with E-state index in [4.69, 9.17) is 110 Å². The fraction of sp³-hybridized carbons (Fsp3) is 0.413. The van der Waals surface area contributed by atoms with Gasteiger partial charge in [0.2, 0.25) is 53.4 Å². The number of halogens is 2. The Morgan fingerprint density at radius 2 is 1.15 bits per heavy atom. The molecule has 7 aliphatic rings. The molecule has 0 aliphatic carbocycles. The first-order valence-corrected chi connectivity index (χ1v) is 42.8. The third-order valence-electron chi connectivity index (χ3n) is 21.2. The molecule has 8 amide bonds. The summed E-state index contributed by atoms with van der Waals surface area (Å²) in [6.45, 7) is 27.7. The van der Waals surface area contributed by atoms with Gasteiger partial charge in [0, 0.05) is 76.4 Å². The summed E-state index contributed by atoms with van der Waals surface area (Å²) < 4.78 is 99.9. The standard InChI is InChI=1S/C92H105Cl2N9O31/c1-16-27-119-54-38-56-70(64(39-54)121-29-18-3)55-33-50(21-24-61(55)120-28-17-2)71-85(113)102-75(88(116)100-73(56)89(117)122-30-19-4)77(127-47(11)106)52-23-26-63(58(94)35-52)131-66-37-53-36-65(78(66)134-90-81(133-69-41-92(14,96)82(110)44(8)125-69)80(129-49(13)108)79(128-48(12)107)67(132-90)42-124-45(9)104)130-62-25-22-51(34-57(62)93)76(126-46(10)105)74(101-84(112)60(32-43(6)7)103(15)91(118)123-31-20-5)87(115)97-59(40-68(95)109)83(111)98-72(53)86(114)99-71/h16-26,33-39,43-44,59-60,67,69,71-77,79-82,90,110H,1-5,27-32,40-42,96H2,6-15H3,(H2,95,109)(H,97,115)(H,98,111)(H,99,114)(H,100,116)(H,101,112)(H,102,113)/t44-,59-,60+,67+,69-,71+,72+,73-,74+,75-,76+,77+,79+,80-,81+,82+,90-,92-/m0/s1. The van der Waals surface area contributed by atoms with Crippen LogP contribution in [0.1, 0.15) is 140 Å². The molecule has 18 atom stereocenters. The molecule has 5 aromatic carbocycles. The van der Waals surface area contributed by atoms with Crippen LogP contribution in [0.2, 0.25) is 10.0 Å². The number of hydrogen-bond donors (Lipinski definition) is 9. The summed E-state index contributed by atoms with van der Waals surface area (Å²) in [7, 11) is 1.23. The van der Waals surface area contributed by atoms with Crippen molar-refractivity contribution in [2.24, 2.45) is 17.4 Å². The molecule has 5 aromatic rings. The van der Waals surface area contributed by atoms with E-state index in [2.05, 4.69) is 64.8 Å². The first kappa shape index (κ1) is 102. The number of benzene rings is 5. The van der Waals surface area contributed by atoms with Crippen LogP contribution in [0.3, 0.4) is 0 Å². The summed E-state index contributed by atoms with van der Waals surface area (Å²) in [5.41, 5.74) is 9.62.